The fourth-order valence-electron chi connectivity index (χ4n) is 3.03. The molecule has 0 fully saturated rings. The lowest BCUT2D eigenvalue weighted by molar-refractivity contribution is -0.130. The summed E-state index contributed by atoms with van der Waals surface area (Å²) in [6.07, 6.45) is 0.293. The van der Waals surface area contributed by atoms with Gasteiger partial charge in [-0.15, -0.1) is 0 Å². The first-order chi connectivity index (χ1) is 12.8. The summed E-state index contributed by atoms with van der Waals surface area (Å²) in [5.41, 5.74) is 0.664. The summed E-state index contributed by atoms with van der Waals surface area (Å²) in [5.74, 6) is 0.194. The number of hydrazone groups is 1. The number of nitrogens with zero attached hydrogens (tertiary/aromatic N) is 3. The van der Waals surface area contributed by atoms with Crippen LogP contribution in [0.5, 0.6) is 11.6 Å². The van der Waals surface area contributed by atoms with Crippen molar-refractivity contribution in [2.24, 2.45) is 12.1 Å². The van der Waals surface area contributed by atoms with Crippen molar-refractivity contribution in [3.8, 4) is 11.6 Å². The minimum atomic E-state index is -0.537. The van der Waals surface area contributed by atoms with Gasteiger partial charge in [0.1, 0.15) is 11.3 Å². The van der Waals surface area contributed by atoms with Crippen LogP contribution in [0.15, 0.2) is 34.2 Å². The highest BCUT2D eigenvalue weighted by atomic mass is 32.1. The molecule has 142 valence electrons. The number of nitrogens with one attached hydrogen (secondary N) is 1. The molecule has 2 aromatic rings. The molecule has 1 aliphatic heterocycles. The first-order valence-corrected chi connectivity index (χ1v) is 8.87. The van der Waals surface area contributed by atoms with Crippen LogP contribution in [0.2, 0.25) is 0 Å². The third-order valence-electron chi connectivity index (χ3n) is 4.39. The van der Waals surface area contributed by atoms with Crippen molar-refractivity contribution in [3.63, 3.8) is 0 Å². The van der Waals surface area contributed by atoms with E-state index in [2.05, 4.69) is 10.1 Å². The molecular formula is C18H20N4O4S. The number of carbonyl (C=O) groups is 1. The quantitative estimate of drug-likeness (QED) is 0.783. The van der Waals surface area contributed by atoms with Gasteiger partial charge in [-0.2, -0.15) is 5.10 Å². The smallest absolute Gasteiger partial charge is 0.264 e. The van der Waals surface area contributed by atoms with E-state index in [1.807, 2.05) is 31.2 Å². The molecule has 1 aromatic heterocycles. The Morgan fingerprint density at radius 2 is 2.07 bits per heavy atom. The van der Waals surface area contributed by atoms with E-state index in [0.717, 1.165) is 11.3 Å². The zero-order valence-electron chi connectivity index (χ0n) is 15.2. The summed E-state index contributed by atoms with van der Waals surface area (Å²) in [6.45, 7) is 3.87. The Morgan fingerprint density at radius 3 is 2.67 bits per heavy atom. The molecule has 0 aliphatic carbocycles. The lowest BCUT2D eigenvalue weighted by atomic mass is 9.99. The number of hydrogen-bond donors (Lipinski definition) is 2. The van der Waals surface area contributed by atoms with Crippen LogP contribution in [0.25, 0.3) is 0 Å². The predicted octanol–water partition coefficient (Wildman–Crippen LogP) is 2.24. The Hall–Kier alpha value is -2.94. The molecule has 0 bridgehead atoms. The van der Waals surface area contributed by atoms with Crippen LogP contribution in [0.3, 0.4) is 0 Å². The van der Waals surface area contributed by atoms with Gasteiger partial charge in [0.25, 0.3) is 5.56 Å². The number of aromatic hydroxyl groups is 1. The summed E-state index contributed by atoms with van der Waals surface area (Å²) < 4.78 is 6.84. The average Bonchev–Trinajstić information content (AvgIpc) is 3.06. The maximum absolute atomic E-state index is 12.3. The third-order valence-corrected chi connectivity index (χ3v) is 4.77. The number of benzene rings is 1. The Labute approximate surface area is 160 Å². The van der Waals surface area contributed by atoms with Gasteiger partial charge in [-0.05, 0) is 36.8 Å². The highest BCUT2D eigenvalue weighted by Crippen LogP contribution is 2.34. The number of aromatic nitrogens is 2. The molecule has 27 heavy (non-hydrogen) atoms. The lowest BCUT2D eigenvalue weighted by Crippen LogP contribution is -2.24. The van der Waals surface area contributed by atoms with Crippen molar-refractivity contribution in [2.45, 2.75) is 26.3 Å². The van der Waals surface area contributed by atoms with E-state index in [1.54, 1.807) is 7.05 Å². The molecule has 0 saturated carbocycles. The number of hydrogen-bond acceptors (Lipinski definition) is 6. The van der Waals surface area contributed by atoms with Crippen molar-refractivity contribution in [1.29, 1.82) is 0 Å². The van der Waals surface area contributed by atoms with Gasteiger partial charge in [0.2, 0.25) is 11.8 Å². The summed E-state index contributed by atoms with van der Waals surface area (Å²) >= 11 is 4.99. The second-order valence-corrected chi connectivity index (χ2v) is 6.54. The van der Waals surface area contributed by atoms with E-state index < -0.39 is 5.56 Å². The van der Waals surface area contributed by atoms with Crippen molar-refractivity contribution >= 4 is 23.8 Å². The highest BCUT2D eigenvalue weighted by molar-refractivity contribution is 7.71. The molecule has 2 heterocycles. The number of ether oxygens (including phenoxy) is 1. The second-order valence-electron chi connectivity index (χ2n) is 6.15. The Morgan fingerprint density at radius 1 is 1.41 bits per heavy atom. The van der Waals surface area contributed by atoms with E-state index in [0.29, 0.717) is 18.7 Å². The summed E-state index contributed by atoms with van der Waals surface area (Å²) in [4.78, 5) is 26.9. The summed E-state index contributed by atoms with van der Waals surface area (Å²) in [5, 5.41) is 16.0. The van der Waals surface area contributed by atoms with E-state index in [1.165, 1.54) is 16.5 Å². The zero-order valence-corrected chi connectivity index (χ0v) is 16.0. The third kappa shape index (κ3) is 3.50. The maximum atomic E-state index is 12.3. The molecule has 0 spiro atoms. The number of H-pyrrole nitrogens is 1. The molecule has 8 nitrogen and oxygen atoms in total. The van der Waals surface area contributed by atoms with Gasteiger partial charge in [-0.1, -0.05) is 12.1 Å². The van der Waals surface area contributed by atoms with Gasteiger partial charge < -0.3 is 9.84 Å². The molecular weight excluding hydrogens is 368 g/mol. The first-order valence-electron chi connectivity index (χ1n) is 8.46. The van der Waals surface area contributed by atoms with Crippen LogP contribution in [-0.4, -0.2) is 37.9 Å². The Balaban J connectivity index is 2.01. The van der Waals surface area contributed by atoms with Crippen molar-refractivity contribution in [1.82, 2.24) is 14.6 Å². The molecule has 0 saturated heterocycles. The summed E-state index contributed by atoms with van der Waals surface area (Å²) in [6, 6.07) is 7.00. The van der Waals surface area contributed by atoms with Gasteiger partial charge in [-0.25, -0.2) is 5.01 Å². The van der Waals surface area contributed by atoms with Crippen LogP contribution in [0, 0.1) is 4.77 Å². The van der Waals surface area contributed by atoms with Gasteiger partial charge in [0.05, 0.1) is 18.4 Å². The topological polar surface area (TPSA) is 99.9 Å². The first kappa shape index (κ1) is 18.8. The number of amides is 1. The molecule has 3 rings (SSSR count). The fourth-order valence-corrected chi connectivity index (χ4v) is 3.21. The van der Waals surface area contributed by atoms with E-state index in [-0.39, 0.29) is 28.2 Å². The minimum Gasteiger partial charge on any atom is -0.494 e. The molecule has 1 atom stereocenters. The standard InChI is InChI=1S/C18H20N4O4S/c1-4-26-12-7-5-11(6-8-12)14-9-13(20-22(14)10(2)23)15-16(24)19-18(27)21(3)17(15)25/h5-8,14,25H,4,9H2,1-3H3,(H,19,24,27). The van der Waals surface area contributed by atoms with Crippen LogP contribution in [0.4, 0.5) is 0 Å². The highest BCUT2D eigenvalue weighted by Gasteiger charge is 2.34. The van der Waals surface area contributed by atoms with Crippen LogP contribution in [0.1, 0.15) is 37.4 Å². The molecule has 1 unspecified atom stereocenters. The van der Waals surface area contributed by atoms with Gasteiger partial charge in [-0.3, -0.25) is 19.1 Å². The largest absolute Gasteiger partial charge is 0.494 e. The number of rotatable bonds is 4. The van der Waals surface area contributed by atoms with E-state index in [9.17, 15) is 14.7 Å². The van der Waals surface area contributed by atoms with Gasteiger partial charge in [0.15, 0.2) is 4.77 Å². The Bertz CT molecular complexity index is 1020. The van der Waals surface area contributed by atoms with E-state index in [4.69, 9.17) is 17.0 Å². The minimum absolute atomic E-state index is 0.0192. The number of carbonyl (C=O) groups excluding carboxylic acids is 1. The van der Waals surface area contributed by atoms with Crippen molar-refractivity contribution in [3.05, 3.63) is 50.5 Å². The average molecular weight is 388 g/mol. The molecule has 9 heteroatoms. The lowest BCUT2D eigenvalue weighted by Gasteiger charge is -2.20. The molecule has 1 amide bonds. The fraction of sp³-hybridized carbons (Fsp3) is 0.333. The van der Waals surface area contributed by atoms with Crippen molar-refractivity contribution in [2.75, 3.05) is 6.61 Å². The predicted molar refractivity (Wildman–Crippen MR) is 103 cm³/mol. The van der Waals surface area contributed by atoms with Gasteiger partial charge >= 0.3 is 0 Å². The number of aromatic amines is 1. The SMILES string of the molecule is CCOc1ccc(C2CC(c3c(O)n(C)c(=S)[nH]c3=O)=NN2C(C)=O)cc1. The molecule has 0 radical (unpaired) electrons. The van der Waals surface area contributed by atoms with Gasteiger partial charge in [0, 0.05) is 20.4 Å². The maximum Gasteiger partial charge on any atom is 0.264 e. The zero-order chi connectivity index (χ0) is 19.7. The van der Waals surface area contributed by atoms with Crippen LogP contribution in [-0.2, 0) is 11.8 Å². The second kappa shape index (κ2) is 7.36. The molecule has 1 aromatic carbocycles. The van der Waals surface area contributed by atoms with E-state index >= 15 is 0 Å². The molecule has 2 N–H and O–H groups in total. The Kier molecular flexibility index (Phi) is 5.13. The monoisotopic (exact) mass is 388 g/mol. The van der Waals surface area contributed by atoms with Crippen LogP contribution >= 0.6 is 12.2 Å². The van der Waals surface area contributed by atoms with Crippen LogP contribution < -0.4 is 10.3 Å². The summed E-state index contributed by atoms with van der Waals surface area (Å²) in [7, 11) is 1.54. The van der Waals surface area contributed by atoms with Crippen molar-refractivity contribution < 1.29 is 14.6 Å². The molecule has 1 aliphatic rings. The normalized spacial score (nSPS) is 16.3.